The van der Waals surface area contributed by atoms with Gasteiger partial charge in [-0.2, -0.15) is 0 Å². The van der Waals surface area contributed by atoms with E-state index in [0.717, 1.165) is 10.0 Å². The smallest absolute Gasteiger partial charge is 0.338 e. The van der Waals surface area contributed by atoms with Crippen LogP contribution >= 0.6 is 28.1 Å². The minimum atomic E-state index is -0.830. The molecule has 0 aromatic heterocycles. The Hall–Kier alpha value is -3.17. The van der Waals surface area contributed by atoms with Crippen LogP contribution < -0.4 is 14.8 Å². The highest BCUT2D eigenvalue weighted by Gasteiger charge is 2.40. The Morgan fingerprint density at radius 3 is 2.30 bits per heavy atom. The first kappa shape index (κ1) is 28.4. The fourth-order valence-electron chi connectivity index (χ4n) is 4.04. The van der Waals surface area contributed by atoms with E-state index in [1.807, 2.05) is 44.2 Å². The van der Waals surface area contributed by atoms with E-state index in [1.165, 1.54) is 4.90 Å². The van der Waals surface area contributed by atoms with Gasteiger partial charge >= 0.3 is 5.97 Å². The van der Waals surface area contributed by atoms with E-state index in [4.69, 9.17) is 26.4 Å². The van der Waals surface area contributed by atoms with Crippen LogP contribution in [-0.4, -0.2) is 41.7 Å². The maximum atomic E-state index is 13.9. The molecule has 1 atom stereocenters. The molecule has 0 saturated heterocycles. The summed E-state index contributed by atoms with van der Waals surface area (Å²) in [5, 5.41) is 3.21. The summed E-state index contributed by atoms with van der Waals surface area (Å²) in [5.41, 5.74) is 2.78. The summed E-state index contributed by atoms with van der Waals surface area (Å²) in [6.07, 6.45) is 1.79. The van der Waals surface area contributed by atoms with E-state index < -0.39 is 12.0 Å². The van der Waals surface area contributed by atoms with Gasteiger partial charge in [-0.1, -0.05) is 34.1 Å². The number of nitrogens with one attached hydrogen (secondary N) is 1. The minimum Gasteiger partial charge on any atom is -0.490 e. The van der Waals surface area contributed by atoms with Gasteiger partial charge in [-0.15, -0.1) is 0 Å². The van der Waals surface area contributed by atoms with E-state index in [2.05, 4.69) is 21.2 Å². The number of nitrogens with zero attached hydrogens (tertiary/aromatic N) is 1. The summed E-state index contributed by atoms with van der Waals surface area (Å²) in [5.74, 6) is 0.222. The summed E-state index contributed by atoms with van der Waals surface area (Å²) < 4.78 is 17.9. The van der Waals surface area contributed by atoms with Gasteiger partial charge in [-0.3, -0.25) is 9.69 Å². The van der Waals surface area contributed by atoms with Crippen LogP contribution in [0.4, 0.5) is 0 Å². The number of thiocarbonyl (C=S) groups is 1. The SMILES string of the molecule is CCOC(=O)C1=C(C)NC(=S)N(C(=O)/C(C)=C/c2ccc(Br)cc2)C1c1ccc(OCC)c(OCC)c1. The zero-order valence-corrected chi connectivity index (χ0v) is 24.0. The average molecular weight is 588 g/mol. The molecule has 0 fully saturated rings. The van der Waals surface area contributed by atoms with E-state index in [-0.39, 0.29) is 17.6 Å². The molecule has 3 rings (SSSR count). The third-order valence-electron chi connectivity index (χ3n) is 5.64. The van der Waals surface area contributed by atoms with Gasteiger partial charge in [-0.05, 0) is 88.3 Å². The molecule has 7 nitrogen and oxygen atoms in total. The number of rotatable bonds is 9. The summed E-state index contributed by atoms with van der Waals surface area (Å²) in [6.45, 7) is 10.1. The van der Waals surface area contributed by atoms with Crippen LogP contribution in [-0.2, 0) is 14.3 Å². The van der Waals surface area contributed by atoms with Crippen LogP contribution in [0.25, 0.3) is 6.08 Å². The molecular weight excluding hydrogens is 556 g/mol. The Morgan fingerprint density at radius 2 is 1.68 bits per heavy atom. The maximum Gasteiger partial charge on any atom is 0.338 e. The molecule has 2 aromatic carbocycles. The Kier molecular flexibility index (Phi) is 9.88. The highest BCUT2D eigenvalue weighted by Crippen LogP contribution is 2.39. The van der Waals surface area contributed by atoms with Crippen LogP contribution in [0.3, 0.4) is 0 Å². The van der Waals surface area contributed by atoms with Crippen molar-refractivity contribution in [2.75, 3.05) is 19.8 Å². The number of amides is 1. The van der Waals surface area contributed by atoms with Crippen LogP contribution in [0.1, 0.15) is 51.8 Å². The standard InChI is InChI=1S/C28H31BrN2O5S/c1-6-34-22-14-11-20(16-23(22)35-7-2)25-24(27(33)36-8-3)18(5)30-28(37)31(25)26(32)17(4)15-19-9-12-21(29)13-10-19/h9-16,25H,6-8H2,1-5H3,(H,30,37)/b17-15+. The first-order valence-electron chi connectivity index (χ1n) is 12.1. The number of esters is 1. The van der Waals surface area contributed by atoms with Crippen molar-refractivity contribution in [1.29, 1.82) is 0 Å². The Bertz CT molecular complexity index is 1240. The van der Waals surface area contributed by atoms with E-state index in [1.54, 1.807) is 39.0 Å². The molecule has 0 aliphatic carbocycles. The summed E-state index contributed by atoms with van der Waals surface area (Å²) in [7, 11) is 0. The number of benzene rings is 2. The normalized spacial score (nSPS) is 15.8. The molecular formula is C28H31BrN2O5S. The zero-order valence-electron chi connectivity index (χ0n) is 21.6. The molecule has 1 unspecified atom stereocenters. The van der Waals surface area contributed by atoms with Gasteiger partial charge in [0.15, 0.2) is 16.6 Å². The molecule has 9 heteroatoms. The lowest BCUT2D eigenvalue weighted by molar-refractivity contribution is -0.139. The maximum absolute atomic E-state index is 13.9. The number of halogens is 1. The topological polar surface area (TPSA) is 77.1 Å². The predicted molar refractivity (Wildman–Crippen MR) is 151 cm³/mol. The van der Waals surface area contributed by atoms with Crippen molar-refractivity contribution in [1.82, 2.24) is 10.2 Å². The molecule has 1 aliphatic rings. The van der Waals surface area contributed by atoms with Crippen molar-refractivity contribution >= 4 is 51.2 Å². The van der Waals surface area contributed by atoms with Gasteiger partial charge < -0.3 is 19.5 Å². The Balaban J connectivity index is 2.16. The second-order valence-corrected chi connectivity index (χ2v) is 9.52. The average Bonchev–Trinajstić information content (AvgIpc) is 2.86. The molecule has 37 heavy (non-hydrogen) atoms. The van der Waals surface area contributed by atoms with Crippen molar-refractivity contribution in [2.24, 2.45) is 0 Å². The predicted octanol–water partition coefficient (Wildman–Crippen LogP) is 5.94. The molecule has 1 heterocycles. The van der Waals surface area contributed by atoms with Crippen LogP contribution in [0.2, 0.25) is 0 Å². The minimum absolute atomic E-state index is 0.191. The molecule has 2 aromatic rings. The number of carbonyl (C=O) groups is 2. The first-order chi connectivity index (χ1) is 17.7. The van der Waals surface area contributed by atoms with Gasteiger partial charge in [0.05, 0.1) is 31.4 Å². The number of hydrogen-bond donors (Lipinski definition) is 1. The van der Waals surface area contributed by atoms with Crippen molar-refractivity contribution in [3.05, 3.63) is 74.9 Å². The molecule has 0 radical (unpaired) electrons. The highest BCUT2D eigenvalue weighted by molar-refractivity contribution is 9.10. The fourth-order valence-corrected chi connectivity index (χ4v) is 4.64. The second kappa shape index (κ2) is 12.9. The number of ether oxygens (including phenoxy) is 3. The van der Waals surface area contributed by atoms with Crippen LogP contribution in [0.15, 0.2) is 63.8 Å². The molecule has 1 aliphatic heterocycles. The quantitative estimate of drug-likeness (QED) is 0.221. The molecule has 0 spiro atoms. The van der Waals surface area contributed by atoms with Crippen molar-refractivity contribution in [3.8, 4) is 11.5 Å². The van der Waals surface area contributed by atoms with Crippen molar-refractivity contribution < 1.29 is 23.8 Å². The van der Waals surface area contributed by atoms with Gasteiger partial charge in [0.1, 0.15) is 0 Å². The van der Waals surface area contributed by atoms with Crippen LogP contribution in [0.5, 0.6) is 11.5 Å². The summed E-state index contributed by atoms with van der Waals surface area (Å²) in [4.78, 5) is 28.5. The first-order valence-corrected chi connectivity index (χ1v) is 13.3. The molecule has 0 saturated carbocycles. The lowest BCUT2D eigenvalue weighted by atomic mass is 9.92. The number of allylic oxidation sites excluding steroid dienone is 1. The molecule has 1 N–H and O–H groups in total. The third-order valence-corrected chi connectivity index (χ3v) is 6.46. The van der Waals surface area contributed by atoms with E-state index in [0.29, 0.717) is 47.1 Å². The Morgan fingerprint density at radius 1 is 1.03 bits per heavy atom. The second-order valence-electron chi connectivity index (χ2n) is 8.22. The van der Waals surface area contributed by atoms with Crippen molar-refractivity contribution in [3.63, 3.8) is 0 Å². The largest absolute Gasteiger partial charge is 0.490 e. The zero-order chi connectivity index (χ0) is 27.1. The number of carbonyl (C=O) groups excluding carboxylic acids is 2. The van der Waals surface area contributed by atoms with E-state index >= 15 is 0 Å². The van der Waals surface area contributed by atoms with E-state index in [9.17, 15) is 9.59 Å². The third kappa shape index (κ3) is 6.59. The van der Waals surface area contributed by atoms with Crippen molar-refractivity contribution in [2.45, 2.75) is 40.7 Å². The molecule has 196 valence electrons. The molecule has 0 bridgehead atoms. The van der Waals surface area contributed by atoms with Gasteiger partial charge in [-0.25, -0.2) is 4.79 Å². The van der Waals surface area contributed by atoms with Gasteiger partial charge in [0.25, 0.3) is 5.91 Å². The molecule has 1 amide bonds. The number of hydrogen-bond acceptors (Lipinski definition) is 6. The van der Waals surface area contributed by atoms with Gasteiger partial charge in [0.2, 0.25) is 0 Å². The lowest BCUT2D eigenvalue weighted by Gasteiger charge is -2.38. The van der Waals surface area contributed by atoms with Gasteiger partial charge in [0, 0.05) is 15.7 Å². The fraction of sp³-hybridized carbons (Fsp3) is 0.321. The lowest BCUT2D eigenvalue weighted by Crippen LogP contribution is -2.51. The summed E-state index contributed by atoms with van der Waals surface area (Å²) in [6, 6.07) is 12.2. The Labute approximate surface area is 231 Å². The highest BCUT2D eigenvalue weighted by atomic mass is 79.9. The monoisotopic (exact) mass is 586 g/mol. The van der Waals surface area contributed by atoms with Crippen LogP contribution in [0, 0.1) is 0 Å². The summed E-state index contributed by atoms with van der Waals surface area (Å²) >= 11 is 9.06.